The lowest BCUT2D eigenvalue weighted by Gasteiger charge is -2.22. The van der Waals surface area contributed by atoms with Crippen LogP contribution in [0.2, 0.25) is 0 Å². The van der Waals surface area contributed by atoms with Gasteiger partial charge in [0.25, 0.3) is 5.91 Å². The van der Waals surface area contributed by atoms with Gasteiger partial charge in [-0.1, -0.05) is 18.2 Å². The number of carbonyl (C=O) groups is 2. The molecular formula is C21H27N3O3. The van der Waals surface area contributed by atoms with E-state index in [9.17, 15) is 9.59 Å². The minimum Gasteiger partial charge on any atom is -0.449 e. The molecule has 2 aromatic rings. The Kier molecular flexibility index (Phi) is 6.20. The number of amides is 1. The highest BCUT2D eigenvalue weighted by Crippen LogP contribution is 2.19. The molecule has 0 unspecified atom stereocenters. The molecule has 0 aliphatic rings. The van der Waals surface area contributed by atoms with Crippen molar-refractivity contribution in [1.29, 1.82) is 0 Å². The van der Waals surface area contributed by atoms with Gasteiger partial charge in [-0.3, -0.25) is 4.79 Å². The van der Waals surface area contributed by atoms with Gasteiger partial charge in [-0.15, -0.1) is 0 Å². The van der Waals surface area contributed by atoms with Crippen LogP contribution in [0.4, 0.5) is 0 Å². The first-order valence-electron chi connectivity index (χ1n) is 8.91. The van der Waals surface area contributed by atoms with Crippen LogP contribution < -0.4 is 5.32 Å². The van der Waals surface area contributed by atoms with Crippen LogP contribution in [0.1, 0.15) is 44.6 Å². The Morgan fingerprint density at radius 1 is 1.19 bits per heavy atom. The van der Waals surface area contributed by atoms with Gasteiger partial charge in [-0.2, -0.15) is 5.10 Å². The zero-order chi connectivity index (χ0) is 20.2. The number of hydrogen-bond donors (Lipinski definition) is 1. The molecule has 0 saturated carbocycles. The molecule has 6 heteroatoms. The normalized spacial score (nSPS) is 12.8. The van der Waals surface area contributed by atoms with Crippen molar-refractivity contribution in [3.05, 3.63) is 53.4 Å². The van der Waals surface area contributed by atoms with Gasteiger partial charge in [0.15, 0.2) is 6.10 Å². The standard InChI is InChI=1S/C21H27N3O3/c1-14-18(15(2)24(23-14)17-10-8-7-9-11-17)12-13-19(25)27-16(3)20(26)22-21(4,5)6/h7-13,16H,1-6H3,(H,22,26)/b13-12+/t16-/m0/s1. The van der Waals surface area contributed by atoms with Crippen molar-refractivity contribution in [3.8, 4) is 5.69 Å². The number of nitrogens with one attached hydrogen (secondary N) is 1. The molecule has 0 aliphatic carbocycles. The monoisotopic (exact) mass is 369 g/mol. The van der Waals surface area contributed by atoms with E-state index in [0.717, 1.165) is 22.6 Å². The number of hydrogen-bond acceptors (Lipinski definition) is 4. The van der Waals surface area contributed by atoms with Gasteiger partial charge < -0.3 is 10.1 Å². The molecule has 0 aliphatic heterocycles. The summed E-state index contributed by atoms with van der Waals surface area (Å²) in [4.78, 5) is 24.1. The van der Waals surface area contributed by atoms with Gasteiger partial charge in [0, 0.05) is 22.9 Å². The summed E-state index contributed by atoms with van der Waals surface area (Å²) in [6, 6.07) is 9.78. The largest absolute Gasteiger partial charge is 0.449 e. The average Bonchev–Trinajstić information content (AvgIpc) is 2.86. The molecule has 0 spiro atoms. The molecule has 0 radical (unpaired) electrons. The maximum atomic E-state index is 12.1. The van der Waals surface area contributed by atoms with E-state index in [-0.39, 0.29) is 11.4 Å². The van der Waals surface area contributed by atoms with E-state index in [0.29, 0.717) is 0 Å². The molecule has 0 saturated heterocycles. The lowest BCUT2D eigenvalue weighted by atomic mass is 10.1. The van der Waals surface area contributed by atoms with Gasteiger partial charge in [0.05, 0.1) is 11.4 Å². The molecule has 1 N–H and O–H groups in total. The van der Waals surface area contributed by atoms with Crippen LogP contribution in [0.25, 0.3) is 11.8 Å². The zero-order valence-corrected chi connectivity index (χ0v) is 16.7. The maximum Gasteiger partial charge on any atom is 0.331 e. The maximum absolute atomic E-state index is 12.1. The molecule has 1 aromatic carbocycles. The lowest BCUT2D eigenvalue weighted by molar-refractivity contribution is -0.150. The first kappa shape index (κ1) is 20.4. The van der Waals surface area contributed by atoms with E-state index in [1.165, 1.54) is 6.08 Å². The van der Waals surface area contributed by atoms with Crippen LogP contribution in [-0.4, -0.2) is 33.3 Å². The third-order valence-corrected chi connectivity index (χ3v) is 3.89. The van der Waals surface area contributed by atoms with Crippen LogP contribution >= 0.6 is 0 Å². The molecule has 0 bridgehead atoms. The van der Waals surface area contributed by atoms with Crippen LogP contribution in [-0.2, 0) is 14.3 Å². The molecule has 0 fully saturated rings. The highest BCUT2D eigenvalue weighted by molar-refractivity contribution is 5.90. The second-order valence-electron chi connectivity index (χ2n) is 7.48. The lowest BCUT2D eigenvalue weighted by Crippen LogP contribution is -2.46. The molecule has 1 heterocycles. The predicted octanol–water partition coefficient (Wildman–Crippen LogP) is 3.35. The summed E-state index contributed by atoms with van der Waals surface area (Å²) in [7, 11) is 0. The van der Waals surface area contributed by atoms with Crippen molar-refractivity contribution >= 4 is 18.0 Å². The highest BCUT2D eigenvalue weighted by atomic mass is 16.5. The van der Waals surface area contributed by atoms with E-state index in [2.05, 4.69) is 10.4 Å². The minimum atomic E-state index is -0.865. The van der Waals surface area contributed by atoms with Crippen molar-refractivity contribution in [3.63, 3.8) is 0 Å². The predicted molar refractivity (Wildman–Crippen MR) is 106 cm³/mol. The van der Waals surface area contributed by atoms with E-state index in [4.69, 9.17) is 4.74 Å². The van der Waals surface area contributed by atoms with Gasteiger partial charge >= 0.3 is 5.97 Å². The summed E-state index contributed by atoms with van der Waals surface area (Å²) in [6.45, 7) is 11.0. The Hall–Kier alpha value is -2.89. The summed E-state index contributed by atoms with van der Waals surface area (Å²) in [5.74, 6) is -0.897. The molecule has 2 rings (SSSR count). The summed E-state index contributed by atoms with van der Waals surface area (Å²) >= 11 is 0. The van der Waals surface area contributed by atoms with Crippen LogP contribution in [0.15, 0.2) is 36.4 Å². The van der Waals surface area contributed by atoms with Crippen LogP contribution in [0, 0.1) is 13.8 Å². The van der Waals surface area contributed by atoms with Crippen molar-refractivity contribution < 1.29 is 14.3 Å². The SMILES string of the molecule is Cc1nn(-c2ccccc2)c(C)c1/C=C/C(=O)O[C@@H](C)C(=O)NC(C)(C)C. The fourth-order valence-corrected chi connectivity index (χ4v) is 2.61. The molecule has 1 atom stereocenters. The van der Waals surface area contributed by atoms with E-state index >= 15 is 0 Å². The summed E-state index contributed by atoms with van der Waals surface area (Å²) in [6.07, 6.45) is 2.14. The first-order chi connectivity index (χ1) is 12.6. The Morgan fingerprint density at radius 3 is 2.41 bits per heavy atom. The molecule has 1 amide bonds. The number of nitrogens with zero attached hydrogens (tertiary/aromatic N) is 2. The first-order valence-corrected chi connectivity index (χ1v) is 8.91. The summed E-state index contributed by atoms with van der Waals surface area (Å²) in [5, 5.41) is 7.32. The Morgan fingerprint density at radius 2 is 1.81 bits per heavy atom. The van der Waals surface area contributed by atoms with Crippen molar-refractivity contribution in [2.24, 2.45) is 0 Å². The van der Waals surface area contributed by atoms with E-state index < -0.39 is 12.1 Å². The number of ether oxygens (including phenoxy) is 1. The second kappa shape index (κ2) is 8.20. The number of para-hydroxylation sites is 1. The van der Waals surface area contributed by atoms with Gasteiger partial charge in [0.2, 0.25) is 0 Å². The quantitative estimate of drug-likeness (QED) is 0.648. The number of carbonyl (C=O) groups excluding carboxylic acids is 2. The third-order valence-electron chi connectivity index (χ3n) is 3.89. The van der Waals surface area contributed by atoms with Gasteiger partial charge in [0.1, 0.15) is 0 Å². The van der Waals surface area contributed by atoms with E-state index in [1.54, 1.807) is 13.0 Å². The number of rotatable bonds is 5. The molecule has 6 nitrogen and oxygen atoms in total. The molecule has 144 valence electrons. The number of aromatic nitrogens is 2. The zero-order valence-electron chi connectivity index (χ0n) is 16.7. The number of aryl methyl sites for hydroxylation is 1. The highest BCUT2D eigenvalue weighted by Gasteiger charge is 2.21. The summed E-state index contributed by atoms with van der Waals surface area (Å²) in [5.41, 5.74) is 3.14. The topological polar surface area (TPSA) is 73.2 Å². The molecule has 1 aromatic heterocycles. The summed E-state index contributed by atoms with van der Waals surface area (Å²) < 4.78 is 7.02. The smallest absolute Gasteiger partial charge is 0.331 e. The number of benzene rings is 1. The van der Waals surface area contributed by atoms with Crippen molar-refractivity contribution in [1.82, 2.24) is 15.1 Å². The van der Waals surface area contributed by atoms with Crippen molar-refractivity contribution in [2.75, 3.05) is 0 Å². The molecular weight excluding hydrogens is 342 g/mol. The van der Waals surface area contributed by atoms with Crippen LogP contribution in [0.5, 0.6) is 0 Å². The van der Waals surface area contributed by atoms with Gasteiger partial charge in [-0.05, 0) is 59.8 Å². The Bertz CT molecular complexity index is 846. The fourth-order valence-electron chi connectivity index (χ4n) is 2.61. The number of esters is 1. The second-order valence-corrected chi connectivity index (χ2v) is 7.48. The third kappa shape index (κ3) is 5.54. The fraction of sp³-hybridized carbons (Fsp3) is 0.381. The van der Waals surface area contributed by atoms with Crippen molar-refractivity contribution in [2.45, 2.75) is 53.2 Å². The Balaban J connectivity index is 2.09. The minimum absolute atomic E-state index is 0.325. The Labute approximate surface area is 160 Å². The van der Waals surface area contributed by atoms with E-state index in [1.807, 2.05) is 69.6 Å². The van der Waals surface area contributed by atoms with Crippen LogP contribution in [0.3, 0.4) is 0 Å². The molecule has 27 heavy (non-hydrogen) atoms. The average molecular weight is 369 g/mol. The van der Waals surface area contributed by atoms with Gasteiger partial charge in [-0.25, -0.2) is 9.48 Å².